The fraction of sp³-hybridized carbons (Fsp3) is 0.318. The van der Waals surface area contributed by atoms with Gasteiger partial charge in [0.05, 0.1) is 13.2 Å². The van der Waals surface area contributed by atoms with E-state index in [4.69, 9.17) is 9.15 Å². The molecule has 0 saturated carbocycles. The number of furan rings is 1. The van der Waals surface area contributed by atoms with Crippen LogP contribution >= 0.6 is 15.9 Å². The van der Waals surface area contributed by atoms with E-state index < -0.39 is 0 Å². The van der Waals surface area contributed by atoms with Crippen LogP contribution in [0.2, 0.25) is 0 Å². The molecule has 0 radical (unpaired) electrons. The summed E-state index contributed by atoms with van der Waals surface area (Å²) in [5.74, 6) is 0.185. The molecule has 2 aromatic carbocycles. The molecule has 2 heterocycles. The van der Waals surface area contributed by atoms with Gasteiger partial charge in [0, 0.05) is 41.6 Å². The molecule has 1 saturated heterocycles. The van der Waals surface area contributed by atoms with E-state index in [2.05, 4.69) is 38.3 Å². The van der Waals surface area contributed by atoms with E-state index >= 15 is 0 Å². The number of nitrogens with one attached hydrogen (secondary N) is 1. The Labute approximate surface area is 172 Å². The van der Waals surface area contributed by atoms with Crippen molar-refractivity contribution < 1.29 is 13.9 Å². The minimum absolute atomic E-state index is 0.189. The predicted octanol–water partition coefficient (Wildman–Crippen LogP) is 4.27. The van der Waals surface area contributed by atoms with Gasteiger partial charge < -0.3 is 14.5 Å². The molecule has 6 heteroatoms. The number of benzene rings is 2. The fourth-order valence-electron chi connectivity index (χ4n) is 3.55. The topological polar surface area (TPSA) is 54.7 Å². The molecule has 146 valence electrons. The molecule has 3 aromatic rings. The van der Waals surface area contributed by atoms with Crippen LogP contribution in [0.3, 0.4) is 0 Å². The quantitative estimate of drug-likeness (QED) is 0.640. The summed E-state index contributed by atoms with van der Waals surface area (Å²) < 4.78 is 12.2. The summed E-state index contributed by atoms with van der Waals surface area (Å²) >= 11 is 3.47. The van der Waals surface area contributed by atoms with Gasteiger partial charge in [0.15, 0.2) is 5.76 Å². The standard InChI is InChI=1S/C22H23BrN2O3/c1-15-19-12-18(23)6-7-20(19)28-21(15)22(26)24-13-16-4-2-3-5-17(16)14-25-8-10-27-11-9-25/h2-7,12H,8-11,13-14H2,1H3,(H,24,26). The summed E-state index contributed by atoms with van der Waals surface area (Å²) in [5.41, 5.74) is 3.93. The zero-order valence-electron chi connectivity index (χ0n) is 15.8. The molecule has 0 atom stereocenters. The van der Waals surface area contributed by atoms with Crippen LogP contribution in [0.1, 0.15) is 27.2 Å². The summed E-state index contributed by atoms with van der Waals surface area (Å²) in [4.78, 5) is 15.1. The van der Waals surface area contributed by atoms with Crippen LogP contribution in [0, 0.1) is 6.92 Å². The highest BCUT2D eigenvalue weighted by molar-refractivity contribution is 9.10. The SMILES string of the molecule is Cc1c(C(=O)NCc2ccccc2CN2CCOCC2)oc2ccc(Br)cc12. The second kappa shape index (κ2) is 8.47. The van der Waals surface area contributed by atoms with Gasteiger partial charge in [-0.15, -0.1) is 0 Å². The second-order valence-electron chi connectivity index (χ2n) is 7.04. The Morgan fingerprint density at radius 2 is 1.89 bits per heavy atom. The zero-order valence-corrected chi connectivity index (χ0v) is 17.4. The molecule has 1 aromatic heterocycles. The zero-order chi connectivity index (χ0) is 19.5. The van der Waals surface area contributed by atoms with Crippen LogP contribution in [0.15, 0.2) is 51.4 Å². The monoisotopic (exact) mass is 442 g/mol. The lowest BCUT2D eigenvalue weighted by atomic mass is 10.1. The highest BCUT2D eigenvalue weighted by Crippen LogP contribution is 2.28. The van der Waals surface area contributed by atoms with Crippen molar-refractivity contribution >= 4 is 32.8 Å². The molecule has 0 aliphatic carbocycles. The van der Waals surface area contributed by atoms with Gasteiger partial charge in [-0.2, -0.15) is 0 Å². The summed E-state index contributed by atoms with van der Waals surface area (Å²) in [6, 6.07) is 14.0. The minimum Gasteiger partial charge on any atom is -0.451 e. The number of carbonyl (C=O) groups is 1. The lowest BCUT2D eigenvalue weighted by molar-refractivity contribution is 0.0340. The predicted molar refractivity (Wildman–Crippen MR) is 112 cm³/mol. The maximum atomic E-state index is 12.8. The van der Waals surface area contributed by atoms with E-state index in [0.29, 0.717) is 12.3 Å². The van der Waals surface area contributed by atoms with Gasteiger partial charge in [-0.3, -0.25) is 9.69 Å². The molecule has 0 unspecified atom stereocenters. The highest BCUT2D eigenvalue weighted by Gasteiger charge is 2.18. The second-order valence-corrected chi connectivity index (χ2v) is 7.95. The van der Waals surface area contributed by atoms with Gasteiger partial charge >= 0.3 is 0 Å². The first-order valence-electron chi connectivity index (χ1n) is 9.45. The minimum atomic E-state index is -0.189. The number of fused-ring (bicyclic) bond motifs is 1. The number of carbonyl (C=O) groups excluding carboxylic acids is 1. The molecule has 0 bridgehead atoms. The number of morpholine rings is 1. The Morgan fingerprint density at radius 1 is 1.14 bits per heavy atom. The number of aryl methyl sites for hydroxylation is 1. The molecule has 0 spiro atoms. The number of nitrogens with zero attached hydrogens (tertiary/aromatic N) is 1. The molecular formula is C22H23BrN2O3. The van der Waals surface area contributed by atoms with E-state index in [-0.39, 0.29) is 5.91 Å². The van der Waals surface area contributed by atoms with Crippen molar-refractivity contribution in [2.24, 2.45) is 0 Å². The maximum absolute atomic E-state index is 12.8. The van der Waals surface area contributed by atoms with Gasteiger partial charge in [0.1, 0.15) is 5.58 Å². The normalized spacial score (nSPS) is 15.1. The Morgan fingerprint density at radius 3 is 2.68 bits per heavy atom. The molecule has 1 amide bonds. The number of ether oxygens (including phenoxy) is 1. The van der Waals surface area contributed by atoms with Crippen molar-refractivity contribution in [2.75, 3.05) is 26.3 Å². The summed E-state index contributed by atoms with van der Waals surface area (Å²) in [5, 5.41) is 3.97. The van der Waals surface area contributed by atoms with Crippen molar-refractivity contribution in [3.8, 4) is 0 Å². The van der Waals surface area contributed by atoms with Crippen LogP contribution in [-0.4, -0.2) is 37.1 Å². The van der Waals surface area contributed by atoms with Crippen molar-refractivity contribution in [3.63, 3.8) is 0 Å². The summed E-state index contributed by atoms with van der Waals surface area (Å²) in [6.07, 6.45) is 0. The molecule has 1 fully saturated rings. The van der Waals surface area contributed by atoms with Crippen molar-refractivity contribution in [2.45, 2.75) is 20.0 Å². The van der Waals surface area contributed by atoms with Crippen LogP contribution in [0.25, 0.3) is 11.0 Å². The third-order valence-corrected chi connectivity index (χ3v) is 5.65. The van der Waals surface area contributed by atoms with Crippen LogP contribution in [-0.2, 0) is 17.8 Å². The van der Waals surface area contributed by atoms with Crippen molar-refractivity contribution in [3.05, 3.63) is 69.4 Å². The lowest BCUT2D eigenvalue weighted by Gasteiger charge is -2.27. The molecule has 1 aliphatic rings. The van der Waals surface area contributed by atoms with E-state index in [0.717, 1.165) is 59.4 Å². The van der Waals surface area contributed by atoms with Crippen LogP contribution in [0.5, 0.6) is 0 Å². The average Bonchev–Trinajstić information content (AvgIpc) is 3.04. The average molecular weight is 443 g/mol. The van der Waals surface area contributed by atoms with Gasteiger partial charge in [0.2, 0.25) is 0 Å². The maximum Gasteiger partial charge on any atom is 0.287 e. The Bertz CT molecular complexity index is 993. The fourth-order valence-corrected chi connectivity index (χ4v) is 3.91. The number of halogens is 1. The van der Waals surface area contributed by atoms with Gasteiger partial charge in [0.25, 0.3) is 5.91 Å². The number of hydrogen-bond donors (Lipinski definition) is 1. The van der Waals surface area contributed by atoms with Crippen molar-refractivity contribution in [1.29, 1.82) is 0 Å². The van der Waals surface area contributed by atoms with Crippen LogP contribution < -0.4 is 5.32 Å². The first kappa shape index (κ1) is 19.2. The Kier molecular flexibility index (Phi) is 5.80. The molecule has 1 aliphatic heterocycles. The highest BCUT2D eigenvalue weighted by atomic mass is 79.9. The molecular weight excluding hydrogens is 420 g/mol. The van der Waals surface area contributed by atoms with E-state index in [1.807, 2.05) is 37.3 Å². The first-order chi connectivity index (χ1) is 13.6. The molecule has 1 N–H and O–H groups in total. The van der Waals surface area contributed by atoms with Gasteiger partial charge in [-0.1, -0.05) is 40.2 Å². The molecule has 5 nitrogen and oxygen atoms in total. The summed E-state index contributed by atoms with van der Waals surface area (Å²) in [7, 11) is 0. The first-order valence-corrected chi connectivity index (χ1v) is 10.2. The number of amides is 1. The number of hydrogen-bond acceptors (Lipinski definition) is 4. The molecule has 4 rings (SSSR count). The van der Waals surface area contributed by atoms with E-state index in [1.165, 1.54) is 5.56 Å². The van der Waals surface area contributed by atoms with Gasteiger partial charge in [-0.25, -0.2) is 0 Å². The van der Waals surface area contributed by atoms with E-state index in [9.17, 15) is 4.79 Å². The smallest absolute Gasteiger partial charge is 0.287 e. The third-order valence-electron chi connectivity index (χ3n) is 5.16. The van der Waals surface area contributed by atoms with Crippen LogP contribution in [0.4, 0.5) is 0 Å². The molecule has 28 heavy (non-hydrogen) atoms. The van der Waals surface area contributed by atoms with Crippen molar-refractivity contribution in [1.82, 2.24) is 10.2 Å². The lowest BCUT2D eigenvalue weighted by Crippen LogP contribution is -2.36. The Balaban J connectivity index is 1.47. The number of rotatable bonds is 5. The third kappa shape index (κ3) is 4.14. The largest absolute Gasteiger partial charge is 0.451 e. The summed E-state index contributed by atoms with van der Waals surface area (Å²) in [6.45, 7) is 6.69. The van der Waals surface area contributed by atoms with Gasteiger partial charge in [-0.05, 0) is 36.2 Å². The van der Waals surface area contributed by atoms with E-state index in [1.54, 1.807) is 0 Å². The Hall–Kier alpha value is -2.15.